The standard InChI is InChI=1S/C15H20N2O3S/c1-2-13(18)17-12(14(19)16-6-3-4-7-16)10-21-15(17)11-5-8-20-9-11/h5,8-9,12,15H,2-4,6-7,10H2,1H3. The summed E-state index contributed by atoms with van der Waals surface area (Å²) in [5, 5.41) is -0.104. The molecule has 0 saturated carbocycles. The number of likely N-dealkylation sites (tertiary alicyclic amines) is 1. The molecule has 0 aromatic carbocycles. The Balaban J connectivity index is 1.83. The minimum absolute atomic E-state index is 0.0312. The number of rotatable bonds is 3. The Kier molecular flexibility index (Phi) is 4.24. The van der Waals surface area contributed by atoms with E-state index in [2.05, 4.69) is 0 Å². The molecule has 114 valence electrons. The van der Waals surface area contributed by atoms with Crippen LogP contribution in [0.4, 0.5) is 0 Å². The molecule has 2 unspecified atom stereocenters. The van der Waals surface area contributed by atoms with Crippen LogP contribution in [0.5, 0.6) is 0 Å². The molecule has 6 heteroatoms. The molecule has 2 fully saturated rings. The smallest absolute Gasteiger partial charge is 0.246 e. The Bertz CT molecular complexity index is 511. The molecule has 3 rings (SSSR count). The number of carbonyl (C=O) groups excluding carboxylic acids is 2. The second-order valence-corrected chi connectivity index (χ2v) is 6.56. The van der Waals surface area contributed by atoms with Crippen molar-refractivity contribution in [3.8, 4) is 0 Å². The molecule has 2 atom stereocenters. The van der Waals surface area contributed by atoms with Crippen molar-refractivity contribution in [1.82, 2.24) is 9.80 Å². The fourth-order valence-electron chi connectivity index (χ4n) is 3.00. The zero-order valence-electron chi connectivity index (χ0n) is 12.2. The van der Waals surface area contributed by atoms with Gasteiger partial charge in [-0.15, -0.1) is 11.8 Å². The average molecular weight is 308 g/mol. The highest BCUT2D eigenvalue weighted by Gasteiger charge is 2.43. The van der Waals surface area contributed by atoms with Gasteiger partial charge in [-0.1, -0.05) is 6.92 Å². The molecule has 2 saturated heterocycles. The monoisotopic (exact) mass is 308 g/mol. The summed E-state index contributed by atoms with van der Waals surface area (Å²) in [5.74, 6) is 0.799. The normalized spacial score (nSPS) is 25.6. The lowest BCUT2D eigenvalue weighted by Crippen LogP contribution is -2.48. The largest absolute Gasteiger partial charge is 0.472 e. The summed E-state index contributed by atoms with van der Waals surface area (Å²) in [6.07, 6.45) is 5.83. The van der Waals surface area contributed by atoms with Gasteiger partial charge >= 0.3 is 0 Å². The zero-order valence-corrected chi connectivity index (χ0v) is 13.0. The third kappa shape index (κ3) is 2.69. The van der Waals surface area contributed by atoms with Crippen LogP contribution >= 0.6 is 11.8 Å². The summed E-state index contributed by atoms with van der Waals surface area (Å²) in [5.41, 5.74) is 0.957. The van der Waals surface area contributed by atoms with Crippen LogP contribution in [0.25, 0.3) is 0 Å². The van der Waals surface area contributed by atoms with E-state index in [0.29, 0.717) is 12.2 Å². The van der Waals surface area contributed by atoms with Gasteiger partial charge in [-0.25, -0.2) is 0 Å². The number of amides is 2. The summed E-state index contributed by atoms with van der Waals surface area (Å²) in [6, 6.07) is 1.54. The summed E-state index contributed by atoms with van der Waals surface area (Å²) in [4.78, 5) is 28.7. The topological polar surface area (TPSA) is 53.8 Å². The quantitative estimate of drug-likeness (QED) is 0.859. The maximum absolute atomic E-state index is 12.7. The van der Waals surface area contributed by atoms with Crippen molar-refractivity contribution in [2.45, 2.75) is 37.6 Å². The molecular weight excluding hydrogens is 288 g/mol. The maximum Gasteiger partial charge on any atom is 0.246 e. The fourth-order valence-corrected chi connectivity index (χ4v) is 4.42. The van der Waals surface area contributed by atoms with Crippen molar-refractivity contribution in [3.63, 3.8) is 0 Å². The average Bonchev–Trinajstić information content (AvgIpc) is 3.25. The van der Waals surface area contributed by atoms with Crippen LogP contribution in [0.3, 0.4) is 0 Å². The molecule has 0 bridgehead atoms. The van der Waals surface area contributed by atoms with Crippen molar-refractivity contribution in [2.75, 3.05) is 18.8 Å². The number of furan rings is 1. The van der Waals surface area contributed by atoms with E-state index >= 15 is 0 Å². The maximum atomic E-state index is 12.7. The van der Waals surface area contributed by atoms with E-state index in [4.69, 9.17) is 4.42 Å². The third-order valence-corrected chi connectivity index (χ3v) is 5.45. The predicted molar refractivity (Wildman–Crippen MR) is 80.6 cm³/mol. The molecule has 5 nitrogen and oxygen atoms in total. The van der Waals surface area contributed by atoms with Crippen molar-refractivity contribution < 1.29 is 14.0 Å². The lowest BCUT2D eigenvalue weighted by atomic mass is 10.2. The Morgan fingerprint density at radius 1 is 1.38 bits per heavy atom. The van der Waals surface area contributed by atoms with Crippen molar-refractivity contribution >= 4 is 23.6 Å². The highest BCUT2D eigenvalue weighted by Crippen LogP contribution is 2.42. The van der Waals surface area contributed by atoms with Crippen LogP contribution in [-0.2, 0) is 9.59 Å². The first-order chi connectivity index (χ1) is 10.2. The minimum Gasteiger partial charge on any atom is -0.472 e. The van der Waals surface area contributed by atoms with Gasteiger partial charge in [0.1, 0.15) is 11.4 Å². The van der Waals surface area contributed by atoms with Crippen LogP contribution in [-0.4, -0.2) is 46.5 Å². The van der Waals surface area contributed by atoms with Gasteiger partial charge in [0.05, 0.1) is 12.5 Å². The van der Waals surface area contributed by atoms with E-state index in [1.54, 1.807) is 29.2 Å². The summed E-state index contributed by atoms with van der Waals surface area (Å²) < 4.78 is 5.14. The lowest BCUT2D eigenvalue weighted by molar-refractivity contribution is -0.144. The SMILES string of the molecule is CCC(=O)N1C(C(=O)N2CCCC2)CSC1c1ccoc1. The number of hydrogen-bond acceptors (Lipinski definition) is 4. The lowest BCUT2D eigenvalue weighted by Gasteiger charge is -2.30. The van der Waals surface area contributed by atoms with Gasteiger partial charge in [0.2, 0.25) is 11.8 Å². The number of hydrogen-bond donors (Lipinski definition) is 0. The number of thioether (sulfide) groups is 1. The Hall–Kier alpha value is -1.43. The fraction of sp³-hybridized carbons (Fsp3) is 0.600. The molecule has 1 aromatic rings. The summed E-state index contributed by atoms with van der Waals surface area (Å²) in [7, 11) is 0. The molecule has 0 aliphatic carbocycles. The molecule has 21 heavy (non-hydrogen) atoms. The van der Waals surface area contributed by atoms with E-state index in [1.807, 2.05) is 17.9 Å². The van der Waals surface area contributed by atoms with Gasteiger partial charge < -0.3 is 14.2 Å². The Morgan fingerprint density at radius 2 is 2.14 bits per heavy atom. The van der Waals surface area contributed by atoms with Crippen molar-refractivity contribution in [3.05, 3.63) is 24.2 Å². The molecule has 2 amide bonds. The first-order valence-electron chi connectivity index (χ1n) is 7.46. The van der Waals surface area contributed by atoms with Crippen LogP contribution < -0.4 is 0 Å². The van der Waals surface area contributed by atoms with Gasteiger partial charge in [-0.2, -0.15) is 0 Å². The molecule has 0 spiro atoms. The third-order valence-electron chi connectivity index (χ3n) is 4.12. The highest BCUT2D eigenvalue weighted by molar-refractivity contribution is 7.99. The van der Waals surface area contributed by atoms with Gasteiger partial charge in [-0.05, 0) is 18.9 Å². The van der Waals surface area contributed by atoms with Crippen LogP contribution in [0, 0.1) is 0 Å². The molecule has 1 aromatic heterocycles. The van der Waals surface area contributed by atoms with Crippen LogP contribution in [0.1, 0.15) is 37.1 Å². The van der Waals surface area contributed by atoms with E-state index in [1.165, 1.54) is 0 Å². The first kappa shape index (κ1) is 14.5. The molecule has 3 heterocycles. The van der Waals surface area contributed by atoms with Gasteiger partial charge in [0, 0.05) is 30.8 Å². The van der Waals surface area contributed by atoms with Gasteiger partial charge in [0.25, 0.3) is 0 Å². The van der Waals surface area contributed by atoms with E-state index in [0.717, 1.165) is 31.5 Å². The summed E-state index contributed by atoms with van der Waals surface area (Å²) >= 11 is 1.64. The predicted octanol–water partition coefficient (Wildman–Crippen LogP) is 2.25. The van der Waals surface area contributed by atoms with E-state index < -0.39 is 0 Å². The highest BCUT2D eigenvalue weighted by atomic mass is 32.2. The van der Waals surface area contributed by atoms with E-state index in [9.17, 15) is 9.59 Å². The molecule has 2 aliphatic rings. The minimum atomic E-state index is -0.333. The second kappa shape index (κ2) is 6.13. The van der Waals surface area contributed by atoms with Gasteiger partial charge in [0.15, 0.2) is 0 Å². The van der Waals surface area contributed by atoms with Crippen LogP contribution in [0.15, 0.2) is 23.0 Å². The Morgan fingerprint density at radius 3 is 2.76 bits per heavy atom. The molecule has 2 aliphatic heterocycles. The second-order valence-electron chi connectivity index (χ2n) is 5.45. The Labute approximate surface area is 128 Å². The van der Waals surface area contributed by atoms with Crippen LogP contribution in [0.2, 0.25) is 0 Å². The van der Waals surface area contributed by atoms with Crippen molar-refractivity contribution in [2.24, 2.45) is 0 Å². The number of nitrogens with zero attached hydrogens (tertiary/aromatic N) is 2. The molecular formula is C15H20N2O3S. The summed E-state index contributed by atoms with van der Waals surface area (Å²) in [6.45, 7) is 3.49. The van der Waals surface area contributed by atoms with Crippen molar-refractivity contribution in [1.29, 1.82) is 0 Å². The molecule has 0 radical (unpaired) electrons. The van der Waals surface area contributed by atoms with E-state index in [-0.39, 0.29) is 23.2 Å². The first-order valence-corrected chi connectivity index (χ1v) is 8.51. The zero-order chi connectivity index (χ0) is 14.8. The molecule has 0 N–H and O–H groups in total. The van der Waals surface area contributed by atoms with Gasteiger partial charge in [-0.3, -0.25) is 9.59 Å². The number of carbonyl (C=O) groups is 2.